The van der Waals surface area contributed by atoms with Gasteiger partial charge in [-0.3, -0.25) is 4.79 Å². The van der Waals surface area contributed by atoms with Crippen molar-refractivity contribution in [2.24, 2.45) is 0 Å². The van der Waals surface area contributed by atoms with Crippen LogP contribution in [0.2, 0.25) is 0 Å². The zero-order valence-electron chi connectivity index (χ0n) is 10.8. The Balaban J connectivity index is 3.30. The summed E-state index contributed by atoms with van der Waals surface area (Å²) in [6, 6.07) is 0.426. The molecule has 0 atom stereocenters. The van der Waals surface area contributed by atoms with Crippen LogP contribution in [0.25, 0.3) is 0 Å². The third kappa shape index (κ3) is 5.50. The molecule has 0 radical (unpaired) electrons. The van der Waals surface area contributed by atoms with Gasteiger partial charge >= 0.3 is 18.5 Å². The van der Waals surface area contributed by atoms with Crippen LogP contribution in [0.4, 0.5) is 26.3 Å². The van der Waals surface area contributed by atoms with E-state index in [0.717, 1.165) is 22.6 Å². The summed E-state index contributed by atoms with van der Waals surface area (Å²) in [7, 11) is 0. The summed E-state index contributed by atoms with van der Waals surface area (Å²) in [5.41, 5.74) is -2.00. The van der Waals surface area contributed by atoms with Gasteiger partial charge in [-0.2, -0.15) is 13.2 Å². The largest absolute Gasteiger partial charge is 0.574 e. The summed E-state index contributed by atoms with van der Waals surface area (Å²) < 4.78 is 82.5. The van der Waals surface area contributed by atoms with Crippen LogP contribution in [-0.2, 0) is 22.1 Å². The summed E-state index contributed by atoms with van der Waals surface area (Å²) in [5, 5.41) is 0. The number of carbonyl (C=O) groups excluding carboxylic acids is 1. The van der Waals surface area contributed by atoms with Gasteiger partial charge in [0.2, 0.25) is 5.88 Å². The topological polar surface area (TPSA) is 48.4 Å². The molecule has 1 rings (SSSR count). The van der Waals surface area contributed by atoms with Crippen molar-refractivity contribution >= 4 is 28.6 Å². The van der Waals surface area contributed by atoms with Crippen LogP contribution < -0.4 is 4.74 Å². The number of esters is 1. The SMILES string of the molecule is CCOC(=O)Cc1cc(OC(F)(F)F)nc(I)c1C(F)(F)F. The summed E-state index contributed by atoms with van der Waals surface area (Å²) >= 11 is 1.13. The van der Waals surface area contributed by atoms with Crippen molar-refractivity contribution in [3.8, 4) is 5.88 Å². The number of nitrogens with zero attached hydrogens (tertiary/aromatic N) is 1. The molecule has 11 heteroatoms. The number of halogens is 7. The van der Waals surface area contributed by atoms with E-state index in [-0.39, 0.29) is 6.61 Å². The first-order valence-electron chi connectivity index (χ1n) is 5.62. The van der Waals surface area contributed by atoms with E-state index in [4.69, 9.17) is 0 Å². The molecule has 1 aromatic heterocycles. The van der Waals surface area contributed by atoms with Crippen molar-refractivity contribution in [1.29, 1.82) is 0 Å². The van der Waals surface area contributed by atoms with Crippen molar-refractivity contribution in [3.05, 3.63) is 20.9 Å². The van der Waals surface area contributed by atoms with Gasteiger partial charge in [-0.05, 0) is 35.1 Å². The first-order chi connectivity index (χ1) is 9.94. The fourth-order valence-corrected chi connectivity index (χ4v) is 2.41. The molecule has 1 heterocycles. The van der Waals surface area contributed by atoms with E-state index >= 15 is 0 Å². The minimum absolute atomic E-state index is 0.0751. The lowest BCUT2D eigenvalue weighted by molar-refractivity contribution is -0.276. The maximum absolute atomic E-state index is 13.0. The molecular formula is C11H8F6INO3. The lowest BCUT2D eigenvalue weighted by Gasteiger charge is -2.16. The lowest BCUT2D eigenvalue weighted by atomic mass is 10.1. The highest BCUT2D eigenvalue weighted by Crippen LogP contribution is 2.37. The zero-order valence-corrected chi connectivity index (χ0v) is 13.0. The highest BCUT2D eigenvalue weighted by molar-refractivity contribution is 14.1. The van der Waals surface area contributed by atoms with Crippen molar-refractivity contribution < 1.29 is 40.6 Å². The van der Waals surface area contributed by atoms with Crippen molar-refractivity contribution in [2.45, 2.75) is 25.9 Å². The predicted molar refractivity (Wildman–Crippen MR) is 69.0 cm³/mol. The fourth-order valence-electron chi connectivity index (χ4n) is 1.52. The summed E-state index contributed by atoms with van der Waals surface area (Å²) in [6.45, 7) is 1.37. The molecule has 0 aliphatic carbocycles. The van der Waals surface area contributed by atoms with Gasteiger partial charge in [0, 0.05) is 6.07 Å². The van der Waals surface area contributed by atoms with Crippen LogP contribution in [0.1, 0.15) is 18.1 Å². The fraction of sp³-hybridized carbons (Fsp3) is 0.455. The highest BCUT2D eigenvalue weighted by atomic mass is 127. The Morgan fingerprint density at radius 1 is 1.27 bits per heavy atom. The molecule has 22 heavy (non-hydrogen) atoms. The highest BCUT2D eigenvalue weighted by Gasteiger charge is 2.39. The Morgan fingerprint density at radius 2 is 1.86 bits per heavy atom. The molecule has 1 aromatic rings. The second kappa shape index (κ2) is 6.87. The smallest absolute Gasteiger partial charge is 0.466 e. The molecule has 0 saturated heterocycles. The summed E-state index contributed by atoms with van der Waals surface area (Å²) in [5.74, 6) is -2.09. The number of alkyl halides is 6. The normalized spacial score (nSPS) is 12.2. The second-order valence-electron chi connectivity index (χ2n) is 3.81. The van der Waals surface area contributed by atoms with Crippen LogP contribution >= 0.6 is 22.6 Å². The third-order valence-electron chi connectivity index (χ3n) is 2.18. The zero-order chi connectivity index (χ0) is 17.1. The lowest BCUT2D eigenvalue weighted by Crippen LogP contribution is -2.21. The molecule has 0 N–H and O–H groups in total. The van der Waals surface area contributed by atoms with E-state index in [0.29, 0.717) is 6.07 Å². The standard InChI is InChI=1S/C11H8F6INO3/c1-2-21-7(20)4-5-3-6(22-11(15,16)17)19-9(18)8(5)10(12,13)14/h3H,2,4H2,1H3. The van der Waals surface area contributed by atoms with Gasteiger partial charge in [-0.15, -0.1) is 13.2 Å². The maximum Gasteiger partial charge on any atom is 0.574 e. The van der Waals surface area contributed by atoms with Gasteiger partial charge in [0.25, 0.3) is 0 Å². The van der Waals surface area contributed by atoms with Gasteiger partial charge in [0.05, 0.1) is 18.6 Å². The molecule has 0 aliphatic heterocycles. The minimum atomic E-state index is -5.11. The van der Waals surface area contributed by atoms with Gasteiger partial charge in [0.15, 0.2) is 0 Å². The van der Waals surface area contributed by atoms with Crippen LogP contribution in [0.15, 0.2) is 6.07 Å². The molecule has 0 aromatic carbocycles. The van der Waals surface area contributed by atoms with Crippen molar-refractivity contribution in [3.63, 3.8) is 0 Å². The number of hydrogen-bond acceptors (Lipinski definition) is 4. The predicted octanol–water partition coefficient (Wildman–Crippen LogP) is 3.71. The van der Waals surface area contributed by atoms with Crippen molar-refractivity contribution in [1.82, 2.24) is 4.98 Å². The Labute approximate surface area is 133 Å². The first-order valence-corrected chi connectivity index (χ1v) is 6.70. The Kier molecular flexibility index (Phi) is 5.87. The van der Waals surface area contributed by atoms with Gasteiger partial charge < -0.3 is 9.47 Å². The third-order valence-corrected chi connectivity index (χ3v) is 2.96. The van der Waals surface area contributed by atoms with E-state index in [1.165, 1.54) is 6.92 Å². The average molecular weight is 443 g/mol. The Bertz CT molecular complexity index is 558. The molecule has 0 aliphatic rings. The van der Waals surface area contributed by atoms with E-state index in [1.54, 1.807) is 0 Å². The second-order valence-corrected chi connectivity index (χ2v) is 4.83. The van der Waals surface area contributed by atoms with E-state index in [2.05, 4.69) is 14.5 Å². The van der Waals surface area contributed by atoms with Gasteiger partial charge in [0.1, 0.15) is 3.70 Å². The molecule has 0 unspecified atom stereocenters. The maximum atomic E-state index is 13.0. The van der Waals surface area contributed by atoms with Gasteiger partial charge in [-0.25, -0.2) is 4.98 Å². The monoisotopic (exact) mass is 443 g/mol. The molecule has 4 nitrogen and oxygen atoms in total. The van der Waals surface area contributed by atoms with E-state index in [9.17, 15) is 31.1 Å². The number of rotatable bonds is 4. The van der Waals surface area contributed by atoms with Crippen molar-refractivity contribution in [2.75, 3.05) is 6.61 Å². The molecule has 0 spiro atoms. The Morgan fingerprint density at radius 3 is 2.32 bits per heavy atom. The number of aromatic nitrogens is 1. The van der Waals surface area contributed by atoms with Crippen LogP contribution in [-0.4, -0.2) is 23.9 Å². The van der Waals surface area contributed by atoms with Crippen LogP contribution in [0.3, 0.4) is 0 Å². The number of carbonyl (C=O) groups is 1. The quantitative estimate of drug-likeness (QED) is 0.308. The number of ether oxygens (including phenoxy) is 2. The molecule has 0 fully saturated rings. The molecule has 124 valence electrons. The summed E-state index contributed by atoms with van der Waals surface area (Å²) in [4.78, 5) is 14.4. The molecular weight excluding hydrogens is 435 g/mol. The number of hydrogen-bond donors (Lipinski definition) is 0. The molecule has 0 bridgehead atoms. The van der Waals surface area contributed by atoms with Crippen LogP contribution in [0, 0.1) is 3.70 Å². The summed E-state index contributed by atoms with van der Waals surface area (Å²) in [6.07, 6.45) is -10.9. The van der Waals surface area contributed by atoms with E-state index in [1.807, 2.05) is 0 Å². The van der Waals surface area contributed by atoms with Crippen LogP contribution in [0.5, 0.6) is 5.88 Å². The Hall–Kier alpha value is -1.27. The van der Waals surface area contributed by atoms with Gasteiger partial charge in [-0.1, -0.05) is 0 Å². The molecule has 0 amide bonds. The minimum Gasteiger partial charge on any atom is -0.466 e. The number of pyridine rings is 1. The van der Waals surface area contributed by atoms with E-state index < -0.39 is 45.6 Å². The average Bonchev–Trinajstić information content (AvgIpc) is 2.23. The first kappa shape index (κ1) is 18.8. The molecule has 0 saturated carbocycles.